The van der Waals surface area contributed by atoms with Crippen LogP contribution in [0.15, 0.2) is 18.2 Å². The van der Waals surface area contributed by atoms with Crippen molar-refractivity contribution >= 4 is 5.91 Å². The first-order valence-electron chi connectivity index (χ1n) is 6.29. The van der Waals surface area contributed by atoms with E-state index in [1.807, 2.05) is 0 Å². The number of aryl methyl sites for hydroxylation is 1. The molecule has 1 fully saturated rings. The average molecular weight is 251 g/mol. The van der Waals surface area contributed by atoms with Gasteiger partial charge in [-0.05, 0) is 49.8 Å². The zero-order valence-electron chi connectivity index (χ0n) is 10.4. The number of hydrogen-bond acceptors (Lipinski definition) is 2. The van der Waals surface area contributed by atoms with E-state index >= 15 is 0 Å². The van der Waals surface area contributed by atoms with Crippen LogP contribution in [0.4, 0.5) is 4.39 Å². The average Bonchev–Trinajstić information content (AvgIpc) is 3.16. The third-order valence-corrected chi connectivity index (χ3v) is 3.38. The summed E-state index contributed by atoms with van der Waals surface area (Å²) in [7, 11) is 0. The summed E-state index contributed by atoms with van der Waals surface area (Å²) in [6.07, 6.45) is 2.74. The third kappa shape index (κ3) is 3.07. The van der Waals surface area contributed by atoms with Gasteiger partial charge >= 0.3 is 0 Å². The van der Waals surface area contributed by atoms with Crippen molar-refractivity contribution in [2.75, 3.05) is 6.61 Å². The maximum absolute atomic E-state index is 13.4. The predicted molar refractivity (Wildman–Crippen MR) is 66.8 cm³/mol. The molecule has 18 heavy (non-hydrogen) atoms. The number of aliphatic hydroxyl groups is 1. The fourth-order valence-corrected chi connectivity index (χ4v) is 2.05. The van der Waals surface area contributed by atoms with Gasteiger partial charge in [0.05, 0.1) is 0 Å². The van der Waals surface area contributed by atoms with Crippen molar-refractivity contribution in [3.63, 3.8) is 0 Å². The number of benzene rings is 1. The highest BCUT2D eigenvalue weighted by Gasteiger charge is 2.31. The molecule has 98 valence electrons. The zero-order valence-corrected chi connectivity index (χ0v) is 10.4. The van der Waals surface area contributed by atoms with Crippen LogP contribution in [0.2, 0.25) is 0 Å². The summed E-state index contributed by atoms with van der Waals surface area (Å²) in [6.45, 7) is 1.72. The Bertz CT molecular complexity index is 443. The molecule has 0 saturated heterocycles. The number of rotatable bonds is 5. The van der Waals surface area contributed by atoms with Gasteiger partial charge in [0.15, 0.2) is 0 Å². The molecule has 0 aromatic heterocycles. The summed E-state index contributed by atoms with van der Waals surface area (Å²) in [4.78, 5) is 12.0. The van der Waals surface area contributed by atoms with Crippen LogP contribution in [-0.2, 0) is 0 Å². The van der Waals surface area contributed by atoms with Crippen molar-refractivity contribution in [3.05, 3.63) is 35.1 Å². The Morgan fingerprint density at radius 3 is 2.83 bits per heavy atom. The smallest absolute Gasteiger partial charge is 0.251 e. The maximum Gasteiger partial charge on any atom is 0.251 e. The Hall–Kier alpha value is -1.42. The number of carbonyl (C=O) groups excluding carboxylic acids is 1. The van der Waals surface area contributed by atoms with Gasteiger partial charge < -0.3 is 10.4 Å². The number of carbonyl (C=O) groups is 1. The first kappa shape index (κ1) is 13.0. The van der Waals surface area contributed by atoms with E-state index in [4.69, 9.17) is 5.11 Å². The molecule has 0 bridgehead atoms. The SMILES string of the molecule is Cc1ccc(C(=O)NC(CCO)C2CC2)cc1F. The zero-order chi connectivity index (χ0) is 13.1. The summed E-state index contributed by atoms with van der Waals surface area (Å²) in [5.74, 6) is -0.163. The number of nitrogens with one attached hydrogen (secondary N) is 1. The normalized spacial score (nSPS) is 16.4. The lowest BCUT2D eigenvalue weighted by atomic mass is 10.1. The molecule has 0 spiro atoms. The van der Waals surface area contributed by atoms with Crippen molar-refractivity contribution in [1.82, 2.24) is 5.32 Å². The van der Waals surface area contributed by atoms with Gasteiger partial charge in [-0.3, -0.25) is 4.79 Å². The lowest BCUT2D eigenvalue weighted by Gasteiger charge is -2.17. The third-order valence-electron chi connectivity index (χ3n) is 3.38. The number of hydrogen-bond donors (Lipinski definition) is 2. The lowest BCUT2D eigenvalue weighted by Crippen LogP contribution is -2.37. The quantitative estimate of drug-likeness (QED) is 0.841. The molecule has 2 rings (SSSR count). The first-order chi connectivity index (χ1) is 8.61. The Kier molecular flexibility index (Phi) is 3.97. The van der Waals surface area contributed by atoms with Crippen LogP contribution in [0.5, 0.6) is 0 Å². The number of amides is 1. The van der Waals surface area contributed by atoms with Gasteiger partial charge in [0.1, 0.15) is 5.82 Å². The van der Waals surface area contributed by atoms with Crippen molar-refractivity contribution in [1.29, 1.82) is 0 Å². The topological polar surface area (TPSA) is 49.3 Å². The molecule has 1 aliphatic carbocycles. The molecule has 0 heterocycles. The molecule has 1 aromatic rings. The molecule has 1 unspecified atom stereocenters. The molecule has 3 nitrogen and oxygen atoms in total. The summed E-state index contributed by atoms with van der Waals surface area (Å²) in [5, 5.41) is 11.8. The summed E-state index contributed by atoms with van der Waals surface area (Å²) < 4.78 is 13.4. The van der Waals surface area contributed by atoms with Gasteiger partial charge in [-0.2, -0.15) is 0 Å². The summed E-state index contributed by atoms with van der Waals surface area (Å²) in [6, 6.07) is 4.49. The molecule has 2 N–H and O–H groups in total. The van der Waals surface area contributed by atoms with Gasteiger partial charge in [-0.15, -0.1) is 0 Å². The number of halogens is 1. The standard InChI is InChI=1S/C14H18FNO2/c1-9-2-3-11(8-12(9)15)14(18)16-13(6-7-17)10-4-5-10/h2-3,8,10,13,17H,4-7H2,1H3,(H,16,18). The molecule has 0 aliphatic heterocycles. The van der Waals surface area contributed by atoms with Crippen molar-refractivity contribution in [2.24, 2.45) is 5.92 Å². The molecule has 1 amide bonds. The minimum atomic E-state index is -0.368. The van der Waals surface area contributed by atoms with Gasteiger partial charge in [0, 0.05) is 18.2 Å². The van der Waals surface area contributed by atoms with Gasteiger partial charge in [-0.1, -0.05) is 6.07 Å². The van der Waals surface area contributed by atoms with Crippen LogP contribution in [0.1, 0.15) is 35.2 Å². The highest BCUT2D eigenvalue weighted by Crippen LogP contribution is 2.34. The van der Waals surface area contributed by atoms with Crippen LogP contribution < -0.4 is 5.32 Å². The molecule has 1 atom stereocenters. The Morgan fingerprint density at radius 1 is 1.56 bits per heavy atom. The minimum absolute atomic E-state index is 0.00636. The van der Waals surface area contributed by atoms with E-state index < -0.39 is 0 Å². The fraction of sp³-hybridized carbons (Fsp3) is 0.500. The van der Waals surface area contributed by atoms with Crippen LogP contribution >= 0.6 is 0 Å². The van der Waals surface area contributed by atoms with Gasteiger partial charge in [-0.25, -0.2) is 4.39 Å². The molecule has 1 aromatic carbocycles. The van der Waals surface area contributed by atoms with Crippen molar-refractivity contribution in [3.8, 4) is 0 Å². The van der Waals surface area contributed by atoms with Crippen LogP contribution in [0, 0.1) is 18.7 Å². The van der Waals surface area contributed by atoms with E-state index in [0.29, 0.717) is 23.5 Å². The molecular formula is C14H18FNO2. The molecule has 1 aliphatic rings. The molecule has 0 radical (unpaired) electrons. The van der Waals surface area contributed by atoms with E-state index in [1.165, 1.54) is 6.07 Å². The van der Waals surface area contributed by atoms with E-state index in [9.17, 15) is 9.18 Å². The second-order valence-electron chi connectivity index (χ2n) is 4.89. The number of aliphatic hydroxyl groups excluding tert-OH is 1. The molecule has 1 saturated carbocycles. The first-order valence-corrected chi connectivity index (χ1v) is 6.29. The predicted octanol–water partition coefficient (Wildman–Crippen LogP) is 2.02. The lowest BCUT2D eigenvalue weighted by molar-refractivity contribution is 0.0924. The Morgan fingerprint density at radius 2 is 2.28 bits per heavy atom. The Balaban J connectivity index is 2.03. The van der Waals surface area contributed by atoms with Gasteiger partial charge in [0.2, 0.25) is 0 Å². The molecular weight excluding hydrogens is 233 g/mol. The van der Waals surface area contributed by atoms with Crippen LogP contribution in [0.25, 0.3) is 0 Å². The van der Waals surface area contributed by atoms with Gasteiger partial charge in [0.25, 0.3) is 5.91 Å². The summed E-state index contributed by atoms with van der Waals surface area (Å²) >= 11 is 0. The van der Waals surface area contributed by atoms with E-state index in [-0.39, 0.29) is 24.4 Å². The maximum atomic E-state index is 13.4. The van der Waals surface area contributed by atoms with E-state index in [2.05, 4.69) is 5.32 Å². The Labute approximate surface area is 106 Å². The minimum Gasteiger partial charge on any atom is -0.396 e. The largest absolute Gasteiger partial charge is 0.396 e. The summed E-state index contributed by atoms with van der Waals surface area (Å²) in [5.41, 5.74) is 0.863. The van der Waals surface area contributed by atoms with E-state index in [1.54, 1.807) is 19.1 Å². The van der Waals surface area contributed by atoms with Crippen molar-refractivity contribution < 1.29 is 14.3 Å². The second kappa shape index (κ2) is 5.48. The highest BCUT2D eigenvalue weighted by atomic mass is 19.1. The van der Waals surface area contributed by atoms with Crippen LogP contribution in [0.3, 0.4) is 0 Å². The van der Waals surface area contributed by atoms with Crippen LogP contribution in [-0.4, -0.2) is 23.7 Å². The highest BCUT2D eigenvalue weighted by molar-refractivity contribution is 5.94. The fourth-order valence-electron chi connectivity index (χ4n) is 2.05. The van der Waals surface area contributed by atoms with E-state index in [0.717, 1.165) is 12.8 Å². The van der Waals surface area contributed by atoms with Crippen molar-refractivity contribution in [2.45, 2.75) is 32.2 Å². The second-order valence-corrected chi connectivity index (χ2v) is 4.89. The molecule has 4 heteroatoms. The monoisotopic (exact) mass is 251 g/mol.